The summed E-state index contributed by atoms with van der Waals surface area (Å²) < 4.78 is 15.8. The Morgan fingerprint density at radius 1 is 1.35 bits per heavy atom. The van der Waals surface area contributed by atoms with Crippen LogP contribution >= 0.6 is 0 Å². The first kappa shape index (κ1) is 16.8. The van der Waals surface area contributed by atoms with Crippen LogP contribution in [0.3, 0.4) is 0 Å². The van der Waals surface area contributed by atoms with E-state index in [0.29, 0.717) is 18.1 Å². The molecule has 1 aromatic heterocycles. The van der Waals surface area contributed by atoms with Crippen molar-refractivity contribution < 1.29 is 23.8 Å². The van der Waals surface area contributed by atoms with Crippen molar-refractivity contribution in [2.45, 2.75) is 26.0 Å². The standard InChI is InChI=1S/C16H20N2O5/c1-3-11(8-19)17-16(20)14-9-23-15(18-14)10-22-13-6-4-12(21-2)5-7-13/h4-7,9,11,19H,3,8,10H2,1-2H3,(H,17,20)/t11-/m0/s1. The second-order valence-corrected chi connectivity index (χ2v) is 4.85. The Morgan fingerprint density at radius 2 is 2.04 bits per heavy atom. The smallest absolute Gasteiger partial charge is 0.273 e. The predicted octanol–water partition coefficient (Wildman–Crippen LogP) is 1.76. The lowest BCUT2D eigenvalue weighted by molar-refractivity contribution is 0.0910. The van der Waals surface area contributed by atoms with Crippen LogP contribution in [0.15, 0.2) is 34.9 Å². The molecular formula is C16H20N2O5. The van der Waals surface area contributed by atoms with E-state index in [2.05, 4.69) is 10.3 Å². The van der Waals surface area contributed by atoms with Crippen LogP contribution in [0.5, 0.6) is 11.5 Å². The molecule has 1 heterocycles. The molecule has 2 N–H and O–H groups in total. The van der Waals surface area contributed by atoms with E-state index < -0.39 is 0 Å². The van der Waals surface area contributed by atoms with Crippen molar-refractivity contribution in [2.75, 3.05) is 13.7 Å². The summed E-state index contributed by atoms with van der Waals surface area (Å²) in [7, 11) is 1.59. The number of aliphatic hydroxyl groups excluding tert-OH is 1. The van der Waals surface area contributed by atoms with Gasteiger partial charge in [0, 0.05) is 0 Å². The van der Waals surface area contributed by atoms with E-state index in [4.69, 9.17) is 19.0 Å². The Bertz CT molecular complexity index is 620. The monoisotopic (exact) mass is 320 g/mol. The van der Waals surface area contributed by atoms with Gasteiger partial charge in [0.05, 0.1) is 19.8 Å². The number of nitrogens with one attached hydrogen (secondary N) is 1. The van der Waals surface area contributed by atoms with Crippen LogP contribution in [-0.4, -0.2) is 35.8 Å². The van der Waals surface area contributed by atoms with E-state index in [1.165, 1.54) is 6.26 Å². The van der Waals surface area contributed by atoms with Gasteiger partial charge in [-0.3, -0.25) is 4.79 Å². The first-order chi connectivity index (χ1) is 11.2. The molecule has 7 nitrogen and oxygen atoms in total. The summed E-state index contributed by atoms with van der Waals surface area (Å²) in [5, 5.41) is 11.8. The second kappa shape index (κ2) is 8.19. The molecule has 23 heavy (non-hydrogen) atoms. The number of hydrogen-bond acceptors (Lipinski definition) is 6. The number of benzene rings is 1. The average Bonchev–Trinajstić information content (AvgIpc) is 3.07. The second-order valence-electron chi connectivity index (χ2n) is 4.85. The molecule has 0 saturated carbocycles. The molecule has 2 rings (SSSR count). The van der Waals surface area contributed by atoms with Crippen molar-refractivity contribution in [3.05, 3.63) is 42.1 Å². The maximum absolute atomic E-state index is 11.9. The molecule has 1 aromatic carbocycles. The predicted molar refractivity (Wildman–Crippen MR) is 82.5 cm³/mol. The highest BCUT2D eigenvalue weighted by molar-refractivity contribution is 5.92. The number of carbonyl (C=O) groups is 1. The van der Waals surface area contributed by atoms with Crippen LogP contribution in [0.1, 0.15) is 29.7 Å². The fraction of sp³-hybridized carbons (Fsp3) is 0.375. The minimum atomic E-state index is -0.384. The number of aromatic nitrogens is 1. The summed E-state index contributed by atoms with van der Waals surface area (Å²) in [6.07, 6.45) is 1.90. The van der Waals surface area contributed by atoms with Crippen molar-refractivity contribution >= 4 is 5.91 Å². The molecule has 0 bridgehead atoms. The van der Waals surface area contributed by atoms with Gasteiger partial charge in [-0.2, -0.15) is 0 Å². The zero-order valence-electron chi connectivity index (χ0n) is 13.1. The number of nitrogens with zero attached hydrogens (tertiary/aromatic N) is 1. The van der Waals surface area contributed by atoms with Gasteiger partial charge in [-0.1, -0.05) is 6.92 Å². The van der Waals surface area contributed by atoms with E-state index in [0.717, 1.165) is 5.75 Å². The molecule has 0 unspecified atom stereocenters. The number of ether oxygens (including phenoxy) is 2. The van der Waals surface area contributed by atoms with Gasteiger partial charge in [-0.25, -0.2) is 4.98 Å². The van der Waals surface area contributed by atoms with E-state index in [-0.39, 0.29) is 30.9 Å². The minimum absolute atomic E-state index is 0.108. The fourth-order valence-corrected chi connectivity index (χ4v) is 1.83. The lowest BCUT2D eigenvalue weighted by atomic mass is 10.2. The number of methoxy groups -OCH3 is 1. The molecule has 7 heteroatoms. The van der Waals surface area contributed by atoms with Crippen LogP contribution in [0.2, 0.25) is 0 Å². The minimum Gasteiger partial charge on any atom is -0.497 e. The van der Waals surface area contributed by atoms with E-state index >= 15 is 0 Å². The molecule has 2 aromatic rings. The van der Waals surface area contributed by atoms with Gasteiger partial charge in [0.1, 0.15) is 17.8 Å². The number of carbonyl (C=O) groups excluding carboxylic acids is 1. The zero-order valence-corrected chi connectivity index (χ0v) is 13.1. The number of aliphatic hydroxyl groups is 1. The van der Waals surface area contributed by atoms with Crippen molar-refractivity contribution in [1.82, 2.24) is 10.3 Å². The van der Waals surface area contributed by atoms with Gasteiger partial charge in [-0.15, -0.1) is 0 Å². The molecule has 1 atom stereocenters. The molecule has 0 fully saturated rings. The topological polar surface area (TPSA) is 93.8 Å². The Kier molecular flexibility index (Phi) is 5.99. The maximum atomic E-state index is 11.9. The van der Waals surface area contributed by atoms with Gasteiger partial charge in [0.25, 0.3) is 5.91 Å². The first-order valence-electron chi connectivity index (χ1n) is 7.29. The molecule has 0 spiro atoms. The van der Waals surface area contributed by atoms with E-state index in [1.807, 2.05) is 6.92 Å². The molecule has 0 aliphatic carbocycles. The van der Waals surface area contributed by atoms with Gasteiger partial charge in [-0.05, 0) is 30.7 Å². The Labute approximate surface area is 134 Å². The molecule has 0 aliphatic heterocycles. The quantitative estimate of drug-likeness (QED) is 0.770. The van der Waals surface area contributed by atoms with E-state index in [9.17, 15) is 4.79 Å². The molecule has 0 aliphatic rings. The SMILES string of the molecule is CC[C@@H](CO)NC(=O)c1coc(COc2ccc(OC)cc2)n1. The summed E-state index contributed by atoms with van der Waals surface area (Å²) in [6, 6.07) is 6.80. The number of hydrogen-bond donors (Lipinski definition) is 2. The van der Waals surface area contributed by atoms with Gasteiger partial charge in [0.2, 0.25) is 5.89 Å². The van der Waals surface area contributed by atoms with Crippen LogP contribution in [-0.2, 0) is 6.61 Å². The number of amides is 1. The fourth-order valence-electron chi connectivity index (χ4n) is 1.83. The number of rotatable bonds is 8. The highest BCUT2D eigenvalue weighted by atomic mass is 16.5. The highest BCUT2D eigenvalue weighted by Crippen LogP contribution is 2.18. The van der Waals surface area contributed by atoms with Crippen molar-refractivity contribution in [3.8, 4) is 11.5 Å². The number of oxazole rings is 1. The van der Waals surface area contributed by atoms with Gasteiger partial charge < -0.3 is 24.3 Å². The van der Waals surface area contributed by atoms with Gasteiger partial charge in [0.15, 0.2) is 12.3 Å². The molecule has 0 radical (unpaired) electrons. The summed E-state index contributed by atoms with van der Waals surface area (Å²) in [5.41, 5.74) is 0.158. The van der Waals surface area contributed by atoms with Crippen LogP contribution < -0.4 is 14.8 Å². The summed E-state index contributed by atoms with van der Waals surface area (Å²) >= 11 is 0. The van der Waals surface area contributed by atoms with Crippen molar-refractivity contribution in [2.24, 2.45) is 0 Å². The Morgan fingerprint density at radius 3 is 2.65 bits per heavy atom. The summed E-state index contributed by atoms with van der Waals surface area (Å²) in [5.74, 6) is 1.29. The third-order valence-corrected chi connectivity index (χ3v) is 3.25. The van der Waals surface area contributed by atoms with Gasteiger partial charge >= 0.3 is 0 Å². The average molecular weight is 320 g/mol. The molecule has 0 saturated heterocycles. The maximum Gasteiger partial charge on any atom is 0.273 e. The van der Waals surface area contributed by atoms with Crippen molar-refractivity contribution in [1.29, 1.82) is 0 Å². The molecule has 1 amide bonds. The summed E-state index contributed by atoms with van der Waals surface area (Å²) in [6.45, 7) is 1.86. The largest absolute Gasteiger partial charge is 0.497 e. The molecule has 124 valence electrons. The zero-order chi connectivity index (χ0) is 16.7. The van der Waals surface area contributed by atoms with E-state index in [1.54, 1.807) is 31.4 Å². The first-order valence-corrected chi connectivity index (χ1v) is 7.29. The molecular weight excluding hydrogens is 300 g/mol. The normalized spacial score (nSPS) is 11.8. The lowest BCUT2D eigenvalue weighted by Gasteiger charge is -2.12. The third kappa shape index (κ3) is 4.72. The van der Waals surface area contributed by atoms with Crippen LogP contribution in [0.25, 0.3) is 0 Å². The highest BCUT2D eigenvalue weighted by Gasteiger charge is 2.15. The van der Waals surface area contributed by atoms with Crippen LogP contribution in [0.4, 0.5) is 0 Å². The Balaban J connectivity index is 1.89. The summed E-state index contributed by atoms with van der Waals surface area (Å²) in [4.78, 5) is 16.0. The lowest BCUT2D eigenvalue weighted by Crippen LogP contribution is -2.37. The van der Waals surface area contributed by atoms with Crippen LogP contribution in [0, 0.1) is 0 Å². The van der Waals surface area contributed by atoms with Crippen molar-refractivity contribution in [3.63, 3.8) is 0 Å². The third-order valence-electron chi connectivity index (χ3n) is 3.25. The Hall–Kier alpha value is -2.54.